The number of furan rings is 1. The van der Waals surface area contributed by atoms with Gasteiger partial charge in [-0.15, -0.1) is 0 Å². The molecule has 30 heavy (non-hydrogen) atoms. The number of hydrogen-bond donors (Lipinski definition) is 0. The maximum absolute atomic E-state index is 13.6. The number of fused-ring (bicyclic) bond motifs is 5. The number of piperidine rings is 1. The molecule has 2 saturated heterocycles. The van der Waals surface area contributed by atoms with E-state index in [1.165, 1.54) is 18.4 Å². The maximum atomic E-state index is 13.6. The molecule has 0 saturated carbocycles. The zero-order valence-corrected chi connectivity index (χ0v) is 17.0. The van der Waals surface area contributed by atoms with Gasteiger partial charge in [0.15, 0.2) is 5.78 Å². The van der Waals surface area contributed by atoms with Gasteiger partial charge in [-0.25, -0.2) is 0 Å². The minimum Gasteiger partial charge on any atom is -0.455 e. The number of nitrogens with zero attached hydrogens (tertiary/aromatic N) is 1. The molecule has 4 aromatic rings. The van der Waals surface area contributed by atoms with Crippen LogP contribution in [0.15, 0.2) is 77.2 Å². The van der Waals surface area contributed by atoms with Crippen LogP contribution < -0.4 is 0 Å². The topological polar surface area (TPSA) is 33.5 Å². The first-order valence-corrected chi connectivity index (χ1v) is 11.0. The Morgan fingerprint density at radius 3 is 2.33 bits per heavy atom. The summed E-state index contributed by atoms with van der Waals surface area (Å²) in [5.41, 5.74) is 3.73. The van der Waals surface area contributed by atoms with E-state index in [1.807, 2.05) is 30.3 Å². The minimum absolute atomic E-state index is 0.0911. The molecule has 0 radical (unpaired) electrons. The lowest BCUT2D eigenvalue weighted by Gasteiger charge is -2.38. The first-order chi connectivity index (χ1) is 14.8. The Labute approximate surface area is 176 Å². The molecule has 1 aromatic heterocycles. The molecule has 0 amide bonds. The molecule has 2 aliphatic heterocycles. The highest BCUT2D eigenvalue weighted by Crippen LogP contribution is 2.42. The summed E-state index contributed by atoms with van der Waals surface area (Å²) in [6, 6.07) is 25.8. The Morgan fingerprint density at radius 1 is 0.833 bits per heavy atom. The smallest absolute Gasteiger partial charge is 0.169 e. The summed E-state index contributed by atoms with van der Waals surface area (Å²) in [5, 5.41) is 2.13. The molecule has 6 rings (SSSR count). The van der Waals surface area contributed by atoms with Crippen LogP contribution in [-0.2, 0) is 6.54 Å². The largest absolute Gasteiger partial charge is 0.455 e. The van der Waals surface area contributed by atoms with Gasteiger partial charge in [-0.05, 0) is 43.4 Å². The molecule has 3 aromatic carbocycles. The standard InChI is InChI=1S/C27H25NO2/c29-26(24-11-6-10-23-22-9-4-5-12-25(22)30-27(23)24)19-15-20-13-14-21(16-19)28(20)17-18-7-2-1-3-8-18/h1-12,19-21H,13-17H2. The Balaban J connectivity index is 1.28. The molecule has 150 valence electrons. The zero-order valence-electron chi connectivity index (χ0n) is 17.0. The molecule has 0 spiro atoms. The third-order valence-electron chi connectivity index (χ3n) is 7.13. The van der Waals surface area contributed by atoms with Crippen molar-refractivity contribution in [2.24, 2.45) is 5.92 Å². The van der Waals surface area contributed by atoms with Crippen LogP contribution in [0.4, 0.5) is 0 Å². The zero-order chi connectivity index (χ0) is 20.1. The molecule has 3 nitrogen and oxygen atoms in total. The Morgan fingerprint density at radius 2 is 1.53 bits per heavy atom. The van der Waals surface area contributed by atoms with Crippen molar-refractivity contribution >= 4 is 27.7 Å². The Bertz CT molecular complexity index is 1210. The van der Waals surface area contributed by atoms with E-state index >= 15 is 0 Å². The predicted molar refractivity (Wildman–Crippen MR) is 120 cm³/mol. The van der Waals surface area contributed by atoms with Crippen LogP contribution in [0.3, 0.4) is 0 Å². The molecule has 3 heteroatoms. The Hall–Kier alpha value is -2.91. The lowest BCUT2D eigenvalue weighted by Crippen LogP contribution is -2.44. The second kappa shape index (κ2) is 7.10. The fourth-order valence-corrected chi connectivity index (χ4v) is 5.70. The summed E-state index contributed by atoms with van der Waals surface area (Å²) in [5.74, 6) is 0.351. The summed E-state index contributed by atoms with van der Waals surface area (Å²) in [4.78, 5) is 16.2. The van der Waals surface area contributed by atoms with Gasteiger partial charge in [0.2, 0.25) is 0 Å². The molecule has 2 aliphatic rings. The summed E-state index contributed by atoms with van der Waals surface area (Å²) in [7, 11) is 0. The van der Waals surface area contributed by atoms with Gasteiger partial charge in [0.25, 0.3) is 0 Å². The van der Waals surface area contributed by atoms with Crippen molar-refractivity contribution < 1.29 is 9.21 Å². The van der Waals surface area contributed by atoms with Gasteiger partial charge in [0.1, 0.15) is 11.2 Å². The quantitative estimate of drug-likeness (QED) is 0.385. The first-order valence-electron chi connectivity index (χ1n) is 11.0. The molecule has 2 atom stereocenters. The van der Waals surface area contributed by atoms with Crippen molar-refractivity contribution in [3.8, 4) is 0 Å². The van der Waals surface area contributed by atoms with Gasteiger partial charge in [-0.1, -0.05) is 60.7 Å². The van der Waals surface area contributed by atoms with Crippen LogP contribution in [-0.4, -0.2) is 22.8 Å². The molecular weight excluding hydrogens is 370 g/mol. The van der Waals surface area contributed by atoms with Gasteiger partial charge >= 0.3 is 0 Å². The summed E-state index contributed by atoms with van der Waals surface area (Å²) >= 11 is 0. The van der Waals surface area contributed by atoms with Crippen LogP contribution in [0.1, 0.15) is 41.6 Å². The number of para-hydroxylation sites is 2. The molecular formula is C27H25NO2. The molecule has 2 bridgehead atoms. The average Bonchev–Trinajstić information content (AvgIpc) is 3.26. The van der Waals surface area contributed by atoms with Crippen molar-refractivity contribution in [2.75, 3.05) is 0 Å². The van der Waals surface area contributed by atoms with Crippen molar-refractivity contribution in [3.05, 3.63) is 83.9 Å². The van der Waals surface area contributed by atoms with Crippen LogP contribution in [0.5, 0.6) is 0 Å². The van der Waals surface area contributed by atoms with Crippen molar-refractivity contribution in [2.45, 2.75) is 44.3 Å². The third kappa shape index (κ3) is 2.88. The van der Waals surface area contributed by atoms with E-state index in [1.54, 1.807) is 0 Å². The van der Waals surface area contributed by atoms with E-state index in [0.717, 1.165) is 46.9 Å². The molecule has 2 fully saturated rings. The van der Waals surface area contributed by atoms with Gasteiger partial charge in [-0.2, -0.15) is 0 Å². The fourth-order valence-electron chi connectivity index (χ4n) is 5.70. The first kappa shape index (κ1) is 17.9. The Kier molecular flexibility index (Phi) is 4.24. The summed E-state index contributed by atoms with van der Waals surface area (Å²) in [6.07, 6.45) is 4.32. The summed E-state index contributed by atoms with van der Waals surface area (Å²) in [6.45, 7) is 0.996. The van der Waals surface area contributed by atoms with E-state index in [9.17, 15) is 4.79 Å². The SMILES string of the molecule is O=C(c1cccc2c1oc1ccccc12)C1CC2CCC(C1)N2Cc1ccccc1. The van der Waals surface area contributed by atoms with Crippen molar-refractivity contribution in [1.29, 1.82) is 0 Å². The second-order valence-electron chi connectivity index (χ2n) is 8.86. The van der Waals surface area contributed by atoms with Gasteiger partial charge in [0, 0.05) is 35.3 Å². The molecule has 0 aliphatic carbocycles. The highest BCUT2D eigenvalue weighted by atomic mass is 16.3. The maximum Gasteiger partial charge on any atom is 0.169 e. The highest BCUT2D eigenvalue weighted by Gasteiger charge is 2.43. The lowest BCUT2D eigenvalue weighted by atomic mass is 9.84. The lowest BCUT2D eigenvalue weighted by molar-refractivity contribution is 0.0679. The number of rotatable bonds is 4. The number of carbonyl (C=O) groups excluding carboxylic acids is 1. The number of carbonyl (C=O) groups is 1. The van der Waals surface area contributed by atoms with Gasteiger partial charge < -0.3 is 4.42 Å². The number of hydrogen-bond acceptors (Lipinski definition) is 3. The predicted octanol–water partition coefficient (Wildman–Crippen LogP) is 6.21. The normalized spacial score (nSPS) is 23.9. The molecule has 3 heterocycles. The van der Waals surface area contributed by atoms with Crippen molar-refractivity contribution in [3.63, 3.8) is 0 Å². The third-order valence-corrected chi connectivity index (χ3v) is 7.13. The van der Waals surface area contributed by atoms with E-state index < -0.39 is 0 Å². The highest BCUT2D eigenvalue weighted by molar-refractivity contribution is 6.14. The van der Waals surface area contributed by atoms with Crippen LogP contribution in [0.2, 0.25) is 0 Å². The van der Waals surface area contributed by atoms with Crippen LogP contribution >= 0.6 is 0 Å². The van der Waals surface area contributed by atoms with Crippen LogP contribution in [0, 0.1) is 5.92 Å². The van der Waals surface area contributed by atoms with Gasteiger partial charge in [-0.3, -0.25) is 9.69 Å². The fraction of sp³-hybridized carbons (Fsp3) is 0.296. The molecule has 2 unspecified atom stereocenters. The number of benzene rings is 3. The second-order valence-corrected chi connectivity index (χ2v) is 8.86. The van der Waals surface area contributed by atoms with Crippen molar-refractivity contribution in [1.82, 2.24) is 4.90 Å². The number of Topliss-reactive ketones (excluding diaryl/α,β-unsaturated/α-hetero) is 1. The number of ketones is 1. The summed E-state index contributed by atoms with van der Waals surface area (Å²) < 4.78 is 6.13. The monoisotopic (exact) mass is 395 g/mol. The van der Waals surface area contributed by atoms with E-state index in [-0.39, 0.29) is 11.7 Å². The van der Waals surface area contributed by atoms with Crippen LogP contribution in [0.25, 0.3) is 21.9 Å². The van der Waals surface area contributed by atoms with E-state index in [4.69, 9.17) is 4.42 Å². The van der Waals surface area contributed by atoms with E-state index in [0.29, 0.717) is 12.1 Å². The van der Waals surface area contributed by atoms with E-state index in [2.05, 4.69) is 47.4 Å². The van der Waals surface area contributed by atoms with Gasteiger partial charge in [0.05, 0.1) is 5.56 Å². The molecule has 0 N–H and O–H groups in total. The average molecular weight is 396 g/mol. The minimum atomic E-state index is 0.0911.